The molecule has 1 saturated heterocycles. The monoisotopic (exact) mass is 330 g/mol. The first-order valence-electron chi connectivity index (χ1n) is 8.28. The zero-order valence-corrected chi connectivity index (χ0v) is 13.7. The molecule has 0 aliphatic carbocycles. The summed E-state index contributed by atoms with van der Waals surface area (Å²) in [4.78, 5) is 8.91. The SMILES string of the molecule is C#Cc1ccc2nc(Nc3cccc(O[C@@H]4CCNC4)c3)ncc2c1. The Morgan fingerprint density at radius 3 is 3.04 bits per heavy atom. The fourth-order valence-corrected chi connectivity index (χ4v) is 2.88. The summed E-state index contributed by atoms with van der Waals surface area (Å²) in [5.41, 5.74) is 2.56. The van der Waals surface area contributed by atoms with Gasteiger partial charge in [0.25, 0.3) is 0 Å². The molecule has 0 unspecified atom stereocenters. The lowest BCUT2D eigenvalue weighted by molar-refractivity contribution is 0.223. The quantitative estimate of drug-likeness (QED) is 0.720. The summed E-state index contributed by atoms with van der Waals surface area (Å²) in [7, 11) is 0. The third-order valence-electron chi connectivity index (χ3n) is 4.15. The van der Waals surface area contributed by atoms with Crippen LogP contribution >= 0.6 is 0 Å². The van der Waals surface area contributed by atoms with Gasteiger partial charge in [0.15, 0.2) is 0 Å². The van der Waals surface area contributed by atoms with E-state index >= 15 is 0 Å². The Bertz CT molecular complexity index is 942. The van der Waals surface area contributed by atoms with Crippen LogP contribution in [-0.2, 0) is 0 Å². The Balaban J connectivity index is 1.53. The molecule has 4 rings (SSSR count). The largest absolute Gasteiger partial charge is 0.489 e. The van der Waals surface area contributed by atoms with E-state index in [0.717, 1.165) is 47.4 Å². The third-order valence-corrected chi connectivity index (χ3v) is 4.15. The van der Waals surface area contributed by atoms with Crippen molar-refractivity contribution in [3.63, 3.8) is 0 Å². The molecular weight excluding hydrogens is 312 g/mol. The summed E-state index contributed by atoms with van der Waals surface area (Å²) < 4.78 is 5.99. The summed E-state index contributed by atoms with van der Waals surface area (Å²) in [6.45, 7) is 1.90. The van der Waals surface area contributed by atoms with Crippen molar-refractivity contribution in [2.75, 3.05) is 18.4 Å². The van der Waals surface area contributed by atoms with Crippen molar-refractivity contribution in [1.29, 1.82) is 0 Å². The number of hydrogen-bond donors (Lipinski definition) is 2. The summed E-state index contributed by atoms with van der Waals surface area (Å²) >= 11 is 0. The first kappa shape index (κ1) is 15.4. The maximum Gasteiger partial charge on any atom is 0.227 e. The van der Waals surface area contributed by atoms with E-state index < -0.39 is 0 Å². The van der Waals surface area contributed by atoms with Crippen LogP contribution in [0.25, 0.3) is 10.9 Å². The summed E-state index contributed by atoms with van der Waals surface area (Å²) in [5.74, 6) is 4.01. The molecule has 5 nitrogen and oxygen atoms in total. The van der Waals surface area contributed by atoms with Gasteiger partial charge < -0.3 is 15.4 Å². The number of hydrogen-bond acceptors (Lipinski definition) is 5. The number of fused-ring (bicyclic) bond motifs is 1. The molecule has 1 aliphatic rings. The summed E-state index contributed by atoms with van der Waals surface area (Å²) in [6, 6.07) is 13.5. The van der Waals surface area contributed by atoms with E-state index in [0.29, 0.717) is 5.95 Å². The zero-order valence-electron chi connectivity index (χ0n) is 13.7. The Labute approximate surface area is 146 Å². The van der Waals surface area contributed by atoms with Gasteiger partial charge in [-0.05, 0) is 43.3 Å². The lowest BCUT2D eigenvalue weighted by Gasteiger charge is -2.13. The van der Waals surface area contributed by atoms with Gasteiger partial charge in [-0.2, -0.15) is 0 Å². The fourth-order valence-electron chi connectivity index (χ4n) is 2.88. The van der Waals surface area contributed by atoms with Gasteiger partial charge in [-0.15, -0.1) is 6.42 Å². The van der Waals surface area contributed by atoms with E-state index in [1.807, 2.05) is 42.5 Å². The van der Waals surface area contributed by atoms with E-state index in [-0.39, 0.29) is 6.10 Å². The van der Waals surface area contributed by atoms with Crippen molar-refractivity contribution in [1.82, 2.24) is 15.3 Å². The molecule has 25 heavy (non-hydrogen) atoms. The predicted octanol–water partition coefficient (Wildman–Crippen LogP) is 3.10. The van der Waals surface area contributed by atoms with Crippen LogP contribution in [0.1, 0.15) is 12.0 Å². The van der Waals surface area contributed by atoms with Gasteiger partial charge in [-0.3, -0.25) is 0 Å². The normalized spacial score (nSPS) is 16.5. The highest BCUT2D eigenvalue weighted by molar-refractivity contribution is 5.80. The summed E-state index contributed by atoms with van der Waals surface area (Å²) in [6.07, 6.45) is 8.47. The van der Waals surface area contributed by atoms with Gasteiger partial charge in [0.05, 0.1) is 5.52 Å². The molecule has 0 radical (unpaired) electrons. The lowest BCUT2D eigenvalue weighted by Crippen LogP contribution is -2.19. The summed E-state index contributed by atoms with van der Waals surface area (Å²) in [5, 5.41) is 7.45. The van der Waals surface area contributed by atoms with Crippen LogP contribution in [-0.4, -0.2) is 29.2 Å². The smallest absolute Gasteiger partial charge is 0.227 e. The van der Waals surface area contributed by atoms with E-state index in [1.165, 1.54) is 0 Å². The molecule has 0 amide bonds. The fraction of sp³-hybridized carbons (Fsp3) is 0.200. The van der Waals surface area contributed by atoms with Crippen LogP contribution in [0.3, 0.4) is 0 Å². The van der Waals surface area contributed by atoms with Crippen LogP contribution in [0.2, 0.25) is 0 Å². The molecule has 5 heteroatoms. The Hall–Kier alpha value is -3.10. The highest BCUT2D eigenvalue weighted by Gasteiger charge is 2.15. The van der Waals surface area contributed by atoms with Crippen molar-refractivity contribution in [2.45, 2.75) is 12.5 Å². The number of nitrogens with zero attached hydrogens (tertiary/aromatic N) is 2. The number of anilines is 2. The topological polar surface area (TPSA) is 59.1 Å². The Morgan fingerprint density at radius 2 is 2.20 bits per heavy atom. The maximum atomic E-state index is 5.99. The molecule has 124 valence electrons. The minimum atomic E-state index is 0.234. The van der Waals surface area contributed by atoms with Crippen LogP contribution in [0, 0.1) is 12.3 Å². The third kappa shape index (κ3) is 3.54. The van der Waals surface area contributed by atoms with Gasteiger partial charge in [-0.25, -0.2) is 9.97 Å². The molecule has 3 aromatic rings. The zero-order chi connectivity index (χ0) is 17.1. The van der Waals surface area contributed by atoms with Gasteiger partial charge in [-0.1, -0.05) is 12.0 Å². The Kier molecular flexibility index (Phi) is 4.19. The van der Waals surface area contributed by atoms with E-state index in [4.69, 9.17) is 11.2 Å². The molecule has 1 fully saturated rings. The van der Waals surface area contributed by atoms with Gasteiger partial charge in [0, 0.05) is 35.4 Å². The second-order valence-electron chi connectivity index (χ2n) is 6.00. The van der Waals surface area contributed by atoms with Crippen LogP contribution in [0.5, 0.6) is 5.75 Å². The molecule has 2 aromatic carbocycles. The molecule has 0 bridgehead atoms. The maximum absolute atomic E-state index is 5.99. The van der Waals surface area contributed by atoms with Gasteiger partial charge in [0.1, 0.15) is 11.9 Å². The van der Waals surface area contributed by atoms with E-state index in [9.17, 15) is 0 Å². The number of aromatic nitrogens is 2. The van der Waals surface area contributed by atoms with E-state index in [2.05, 4.69) is 26.5 Å². The van der Waals surface area contributed by atoms with Crippen LogP contribution < -0.4 is 15.4 Å². The number of nitrogens with one attached hydrogen (secondary N) is 2. The molecule has 2 N–H and O–H groups in total. The lowest BCUT2D eigenvalue weighted by atomic mass is 10.1. The molecule has 2 heterocycles. The standard InChI is InChI=1S/C20H18N4O/c1-2-14-6-7-19-15(10-14)12-22-20(24-19)23-16-4-3-5-17(11-16)25-18-8-9-21-13-18/h1,3-7,10-12,18,21H,8-9,13H2,(H,22,23,24)/t18-/m1/s1. The van der Waals surface area contributed by atoms with Crippen molar-refractivity contribution >= 4 is 22.5 Å². The van der Waals surface area contributed by atoms with Crippen LogP contribution in [0.15, 0.2) is 48.7 Å². The molecule has 1 atom stereocenters. The highest BCUT2D eigenvalue weighted by Crippen LogP contribution is 2.23. The van der Waals surface area contributed by atoms with Gasteiger partial charge >= 0.3 is 0 Å². The number of benzene rings is 2. The molecule has 1 aromatic heterocycles. The first-order valence-corrected chi connectivity index (χ1v) is 8.28. The molecular formula is C20H18N4O. The van der Waals surface area contributed by atoms with Gasteiger partial charge in [0.2, 0.25) is 5.95 Å². The highest BCUT2D eigenvalue weighted by atomic mass is 16.5. The number of terminal acetylenes is 1. The van der Waals surface area contributed by atoms with Crippen molar-refractivity contribution in [3.05, 3.63) is 54.2 Å². The molecule has 1 aliphatic heterocycles. The van der Waals surface area contributed by atoms with Crippen LogP contribution in [0.4, 0.5) is 11.6 Å². The van der Waals surface area contributed by atoms with Crippen molar-refractivity contribution in [2.24, 2.45) is 0 Å². The predicted molar refractivity (Wildman–Crippen MR) is 99.1 cm³/mol. The molecule has 0 saturated carbocycles. The number of ether oxygens (including phenoxy) is 1. The Morgan fingerprint density at radius 1 is 1.24 bits per heavy atom. The van der Waals surface area contributed by atoms with Crippen molar-refractivity contribution < 1.29 is 4.74 Å². The average molecular weight is 330 g/mol. The minimum Gasteiger partial charge on any atom is -0.489 e. The number of rotatable bonds is 4. The molecule has 0 spiro atoms. The average Bonchev–Trinajstić information content (AvgIpc) is 3.14. The second kappa shape index (κ2) is 6.80. The minimum absolute atomic E-state index is 0.234. The first-order chi connectivity index (χ1) is 12.3. The van der Waals surface area contributed by atoms with Crippen molar-refractivity contribution in [3.8, 4) is 18.1 Å². The second-order valence-corrected chi connectivity index (χ2v) is 6.00. The van der Waals surface area contributed by atoms with E-state index in [1.54, 1.807) is 6.20 Å².